The van der Waals surface area contributed by atoms with Gasteiger partial charge in [-0.1, -0.05) is 6.58 Å². The summed E-state index contributed by atoms with van der Waals surface area (Å²) in [5.41, 5.74) is 0.818. The number of aromatic nitrogens is 2. The van der Waals surface area contributed by atoms with Crippen LogP contribution in [-0.2, 0) is 14.3 Å². The molecular weight excluding hydrogens is 248 g/mol. The van der Waals surface area contributed by atoms with E-state index in [1.165, 1.54) is 30.4 Å². The first-order valence-electron chi connectivity index (χ1n) is 6.02. The van der Waals surface area contributed by atoms with Crippen molar-refractivity contribution in [3.05, 3.63) is 30.9 Å². The lowest BCUT2D eigenvalue weighted by Gasteiger charge is -2.07. The van der Waals surface area contributed by atoms with Gasteiger partial charge in [-0.2, -0.15) is 0 Å². The molecule has 0 atom stereocenters. The Bertz CT molecular complexity index is 426. The summed E-state index contributed by atoms with van der Waals surface area (Å²) in [5.74, 6) is -0.211. The second-order valence-electron chi connectivity index (χ2n) is 4.06. The highest BCUT2D eigenvalue weighted by Gasteiger charge is 2.06. The summed E-state index contributed by atoms with van der Waals surface area (Å²) < 4.78 is 10.8. The van der Waals surface area contributed by atoms with Crippen molar-refractivity contribution >= 4 is 12.1 Å². The molecule has 104 valence electrons. The van der Waals surface area contributed by atoms with Crippen LogP contribution >= 0.6 is 0 Å². The molecule has 0 aliphatic heterocycles. The summed E-state index contributed by atoms with van der Waals surface area (Å²) in [5, 5.41) is 0. The molecule has 0 radical (unpaired) electrons. The van der Waals surface area contributed by atoms with Gasteiger partial charge in [0.15, 0.2) is 0 Å². The Morgan fingerprint density at radius 2 is 2.05 bits per heavy atom. The van der Waals surface area contributed by atoms with Gasteiger partial charge in [-0.3, -0.25) is 4.79 Å². The predicted octanol–water partition coefficient (Wildman–Crippen LogP) is 2.16. The maximum Gasteiger partial charge on any atom is 0.419 e. The number of esters is 1. The Balaban J connectivity index is 2.11. The van der Waals surface area contributed by atoms with Crippen molar-refractivity contribution in [2.45, 2.75) is 25.7 Å². The maximum atomic E-state index is 11.5. The average molecular weight is 266 g/mol. The number of rotatable bonds is 7. The third-order valence-electron chi connectivity index (χ3n) is 2.50. The van der Waals surface area contributed by atoms with Gasteiger partial charge < -0.3 is 9.47 Å². The molecule has 19 heavy (non-hydrogen) atoms. The van der Waals surface area contributed by atoms with Gasteiger partial charge in [0.05, 0.1) is 7.11 Å². The lowest BCUT2D eigenvalue weighted by atomic mass is 10.1. The number of imidazole rings is 1. The number of unbranched alkanes of at least 4 members (excludes halogenated alkanes) is 1. The second-order valence-corrected chi connectivity index (χ2v) is 4.06. The number of hydrogen-bond acceptors (Lipinski definition) is 5. The summed E-state index contributed by atoms with van der Waals surface area (Å²) in [4.78, 5) is 26.1. The van der Waals surface area contributed by atoms with E-state index in [2.05, 4.69) is 16.3 Å². The van der Waals surface area contributed by atoms with Crippen LogP contribution in [0, 0.1) is 0 Å². The molecule has 0 spiro atoms. The Morgan fingerprint density at radius 3 is 2.68 bits per heavy atom. The molecule has 0 saturated carbocycles. The number of hydrogen-bond donors (Lipinski definition) is 0. The normalized spacial score (nSPS) is 9.95. The summed E-state index contributed by atoms with van der Waals surface area (Å²) in [7, 11) is 1.37. The number of carbonyl (C=O) groups is 2. The standard InChI is InChI=1S/C13H18N2O4/c1-11(5-3-4-6-12(16)18-2)9-19-13(17)15-8-7-14-10-15/h7-8,10H,1,3-6,9H2,2H3. The smallest absolute Gasteiger partial charge is 0.419 e. The fraction of sp³-hybridized carbons (Fsp3) is 0.462. The lowest BCUT2D eigenvalue weighted by molar-refractivity contribution is -0.140. The van der Waals surface area contributed by atoms with E-state index in [0.717, 1.165) is 18.4 Å². The molecule has 0 amide bonds. The van der Waals surface area contributed by atoms with Crippen molar-refractivity contribution in [2.75, 3.05) is 13.7 Å². The minimum absolute atomic E-state index is 0.176. The zero-order valence-corrected chi connectivity index (χ0v) is 11.0. The van der Waals surface area contributed by atoms with E-state index in [0.29, 0.717) is 12.8 Å². The van der Waals surface area contributed by atoms with Crippen LogP contribution in [0.5, 0.6) is 0 Å². The Kier molecular flexibility index (Phi) is 6.35. The third kappa shape index (κ3) is 5.85. The van der Waals surface area contributed by atoms with Crippen LogP contribution in [0.15, 0.2) is 30.9 Å². The maximum absolute atomic E-state index is 11.5. The van der Waals surface area contributed by atoms with E-state index in [9.17, 15) is 9.59 Å². The van der Waals surface area contributed by atoms with E-state index < -0.39 is 6.09 Å². The number of carbonyl (C=O) groups excluding carboxylic acids is 2. The van der Waals surface area contributed by atoms with Gasteiger partial charge in [0.25, 0.3) is 0 Å². The molecule has 0 aliphatic carbocycles. The lowest BCUT2D eigenvalue weighted by Crippen LogP contribution is -2.13. The third-order valence-corrected chi connectivity index (χ3v) is 2.50. The molecule has 0 aliphatic rings. The van der Waals surface area contributed by atoms with Crippen LogP contribution < -0.4 is 0 Å². The van der Waals surface area contributed by atoms with Crippen LogP contribution in [0.25, 0.3) is 0 Å². The van der Waals surface area contributed by atoms with Crippen LogP contribution in [-0.4, -0.2) is 35.3 Å². The fourth-order valence-electron chi connectivity index (χ4n) is 1.42. The number of ether oxygens (including phenoxy) is 2. The van der Waals surface area contributed by atoms with Gasteiger partial charge in [0, 0.05) is 18.8 Å². The first kappa shape index (κ1) is 14.9. The zero-order chi connectivity index (χ0) is 14.1. The van der Waals surface area contributed by atoms with E-state index in [1.54, 1.807) is 0 Å². The Morgan fingerprint density at radius 1 is 1.32 bits per heavy atom. The first-order valence-corrected chi connectivity index (χ1v) is 6.02. The van der Waals surface area contributed by atoms with Crippen LogP contribution in [0.1, 0.15) is 25.7 Å². The molecule has 1 heterocycles. The molecule has 0 N–H and O–H groups in total. The molecule has 1 aromatic heterocycles. The summed E-state index contributed by atoms with van der Waals surface area (Å²) in [6, 6.07) is 0. The molecular formula is C13H18N2O4. The van der Waals surface area contributed by atoms with E-state index in [1.807, 2.05) is 0 Å². The minimum atomic E-state index is -0.479. The van der Waals surface area contributed by atoms with Gasteiger partial charge in [-0.25, -0.2) is 14.3 Å². The predicted molar refractivity (Wildman–Crippen MR) is 68.6 cm³/mol. The van der Waals surface area contributed by atoms with Crippen molar-refractivity contribution in [1.29, 1.82) is 0 Å². The molecule has 6 heteroatoms. The molecule has 6 nitrogen and oxygen atoms in total. The molecule has 0 unspecified atom stereocenters. The van der Waals surface area contributed by atoms with Crippen molar-refractivity contribution in [2.24, 2.45) is 0 Å². The Hall–Kier alpha value is -2.11. The highest BCUT2D eigenvalue weighted by molar-refractivity contribution is 5.70. The summed E-state index contributed by atoms with van der Waals surface area (Å²) in [6.45, 7) is 4.00. The van der Waals surface area contributed by atoms with Crippen LogP contribution in [0.4, 0.5) is 4.79 Å². The highest BCUT2D eigenvalue weighted by Crippen LogP contribution is 2.08. The van der Waals surface area contributed by atoms with Gasteiger partial charge in [0.1, 0.15) is 12.9 Å². The largest absolute Gasteiger partial charge is 0.469 e. The minimum Gasteiger partial charge on any atom is -0.469 e. The van der Waals surface area contributed by atoms with Crippen molar-refractivity contribution in [3.63, 3.8) is 0 Å². The van der Waals surface area contributed by atoms with E-state index in [-0.39, 0.29) is 12.6 Å². The Labute approximate surface area is 112 Å². The zero-order valence-electron chi connectivity index (χ0n) is 11.0. The molecule has 0 fully saturated rings. The summed E-state index contributed by atoms with van der Waals surface area (Å²) in [6.07, 6.45) is 6.59. The number of nitrogens with zero attached hydrogens (tertiary/aromatic N) is 2. The molecule has 1 aromatic rings. The molecule has 0 aromatic carbocycles. The molecule has 0 bridgehead atoms. The monoisotopic (exact) mass is 266 g/mol. The van der Waals surface area contributed by atoms with Crippen molar-refractivity contribution in [1.82, 2.24) is 9.55 Å². The van der Waals surface area contributed by atoms with E-state index in [4.69, 9.17) is 4.74 Å². The molecule has 0 saturated heterocycles. The van der Waals surface area contributed by atoms with Crippen LogP contribution in [0.3, 0.4) is 0 Å². The van der Waals surface area contributed by atoms with Gasteiger partial charge in [0.2, 0.25) is 0 Å². The van der Waals surface area contributed by atoms with Gasteiger partial charge >= 0.3 is 12.1 Å². The fourth-order valence-corrected chi connectivity index (χ4v) is 1.42. The SMILES string of the molecule is C=C(CCCCC(=O)OC)COC(=O)n1ccnc1. The van der Waals surface area contributed by atoms with Crippen molar-refractivity contribution in [3.8, 4) is 0 Å². The average Bonchev–Trinajstić information content (AvgIpc) is 2.94. The highest BCUT2D eigenvalue weighted by atomic mass is 16.5. The van der Waals surface area contributed by atoms with Gasteiger partial charge in [-0.15, -0.1) is 0 Å². The first-order chi connectivity index (χ1) is 9.13. The van der Waals surface area contributed by atoms with Crippen LogP contribution in [0.2, 0.25) is 0 Å². The quantitative estimate of drug-likeness (QED) is 0.429. The molecule has 1 rings (SSSR count). The van der Waals surface area contributed by atoms with Gasteiger partial charge in [-0.05, 0) is 24.8 Å². The van der Waals surface area contributed by atoms with Crippen molar-refractivity contribution < 1.29 is 19.1 Å². The topological polar surface area (TPSA) is 70.4 Å². The summed E-state index contributed by atoms with van der Waals surface area (Å²) >= 11 is 0. The second kappa shape index (κ2) is 8.07. The number of methoxy groups -OCH3 is 1. The van der Waals surface area contributed by atoms with E-state index >= 15 is 0 Å².